The van der Waals surface area contributed by atoms with Crippen molar-refractivity contribution in [3.63, 3.8) is 0 Å². The first kappa shape index (κ1) is 15.2. The number of anilines is 3. The highest BCUT2D eigenvalue weighted by Gasteiger charge is 2.15. The Labute approximate surface area is 288 Å². The molecule has 0 atom stereocenters. The molecular weight excluding hydrogens is 558 g/mol. The van der Waals surface area contributed by atoms with E-state index in [4.69, 9.17) is 19.5 Å². The maximum Gasteiger partial charge on any atom is 0.136 e. The quantitative estimate of drug-likeness (QED) is 0.195. The molecular formula is C44H29NO. The zero-order valence-electron chi connectivity index (χ0n) is 38.9. The molecule has 0 spiro atoms. The van der Waals surface area contributed by atoms with E-state index in [2.05, 4.69) is 0 Å². The Bertz CT molecular complexity index is 3320. The average Bonchev–Trinajstić information content (AvgIpc) is 3.63. The van der Waals surface area contributed by atoms with Crippen LogP contribution in [-0.4, -0.2) is 0 Å². The summed E-state index contributed by atoms with van der Waals surface area (Å²) in [7, 11) is 0. The summed E-state index contributed by atoms with van der Waals surface area (Å²) in [5, 5.41) is 2.18. The first-order valence-electron chi connectivity index (χ1n) is 21.9. The van der Waals surface area contributed by atoms with Crippen LogP contribution in [0.5, 0.6) is 0 Å². The van der Waals surface area contributed by atoms with Gasteiger partial charge in [-0.1, -0.05) is 121 Å². The fourth-order valence-electron chi connectivity index (χ4n) is 5.73. The smallest absolute Gasteiger partial charge is 0.136 e. The summed E-state index contributed by atoms with van der Waals surface area (Å²) in [4.78, 5) is 1.55. The molecule has 0 fully saturated rings. The van der Waals surface area contributed by atoms with Crippen molar-refractivity contribution in [2.24, 2.45) is 0 Å². The number of fused-ring (bicyclic) bond motifs is 6. The van der Waals surface area contributed by atoms with Gasteiger partial charge < -0.3 is 9.32 Å². The molecule has 0 aliphatic rings. The number of hydrogen-bond donors (Lipinski definition) is 0. The molecule has 0 bridgehead atoms. The van der Waals surface area contributed by atoms with Gasteiger partial charge in [-0.25, -0.2) is 0 Å². The molecule has 8 aromatic carbocycles. The van der Waals surface area contributed by atoms with Crippen molar-refractivity contribution in [2.45, 2.75) is 0 Å². The summed E-state index contributed by atoms with van der Waals surface area (Å²) < 4.78 is 136. The molecule has 2 nitrogen and oxygen atoms in total. The van der Waals surface area contributed by atoms with E-state index in [1.54, 1.807) is 35.2 Å². The average molecular weight is 603 g/mol. The van der Waals surface area contributed by atoms with Crippen LogP contribution in [0.2, 0.25) is 0 Å². The highest BCUT2D eigenvalue weighted by molar-refractivity contribution is 6.19. The molecule has 2 heteroatoms. The summed E-state index contributed by atoms with van der Waals surface area (Å²) in [6.07, 6.45) is 0. The highest BCUT2D eigenvalue weighted by Crippen LogP contribution is 2.39. The Kier molecular flexibility index (Phi) is 3.58. The largest absolute Gasteiger partial charge is 0.456 e. The third kappa shape index (κ3) is 4.51. The van der Waals surface area contributed by atoms with E-state index < -0.39 is 42.3 Å². The summed E-state index contributed by atoms with van der Waals surface area (Å²) in [6, 6.07) is 17.4. The van der Waals surface area contributed by atoms with Gasteiger partial charge >= 0.3 is 0 Å². The van der Waals surface area contributed by atoms with Gasteiger partial charge in [-0.3, -0.25) is 0 Å². The van der Waals surface area contributed by atoms with Crippen molar-refractivity contribution >= 4 is 60.5 Å². The molecule has 9 rings (SSSR count). The minimum Gasteiger partial charge on any atom is -0.456 e. The molecule has 0 aliphatic carbocycles. The molecule has 0 aliphatic heterocycles. The van der Waals surface area contributed by atoms with Crippen LogP contribution in [0, 0.1) is 0 Å². The fourth-order valence-corrected chi connectivity index (χ4v) is 5.73. The number of para-hydroxylation sites is 1. The lowest BCUT2D eigenvalue weighted by molar-refractivity contribution is 0.669. The third-order valence-corrected chi connectivity index (χ3v) is 7.93. The lowest BCUT2D eigenvalue weighted by Crippen LogP contribution is -2.09. The Balaban J connectivity index is 1.25. The molecule has 216 valence electrons. The monoisotopic (exact) mass is 602 g/mol. The normalized spacial score (nSPS) is 16.0. The molecule has 0 amide bonds. The molecule has 0 radical (unpaired) electrons. The van der Waals surface area contributed by atoms with Crippen LogP contribution in [-0.2, 0) is 0 Å². The number of rotatable bonds is 5. The second-order valence-electron chi connectivity index (χ2n) is 10.6. The zero-order valence-corrected chi connectivity index (χ0v) is 23.9. The van der Waals surface area contributed by atoms with Crippen molar-refractivity contribution < 1.29 is 25.0 Å². The second kappa shape index (κ2) is 10.8. The summed E-state index contributed by atoms with van der Waals surface area (Å²) in [5.74, 6) is 0. The Morgan fingerprint density at radius 2 is 1.17 bits per heavy atom. The zero-order chi connectivity index (χ0) is 43.5. The van der Waals surface area contributed by atoms with E-state index >= 15 is 0 Å². The second-order valence-corrected chi connectivity index (χ2v) is 10.6. The van der Waals surface area contributed by atoms with Crippen molar-refractivity contribution in [3.05, 3.63) is 176 Å². The first-order chi connectivity index (χ1) is 29.0. The van der Waals surface area contributed by atoms with Gasteiger partial charge in [0, 0.05) is 27.8 Å². The molecule has 1 heterocycles. The predicted octanol–water partition coefficient (Wildman–Crippen LogP) is 12.7. The van der Waals surface area contributed by atoms with Crippen LogP contribution in [0.15, 0.2) is 180 Å². The lowest BCUT2D eigenvalue weighted by atomic mass is 9.98. The molecule has 0 saturated heterocycles. The fraction of sp³-hybridized carbons (Fsp3) is 0. The topological polar surface area (TPSA) is 16.4 Å². The van der Waals surface area contributed by atoms with Crippen LogP contribution in [0.3, 0.4) is 0 Å². The van der Waals surface area contributed by atoms with Crippen LogP contribution >= 0.6 is 0 Å². The van der Waals surface area contributed by atoms with E-state index in [0.29, 0.717) is 16.9 Å². The minimum absolute atomic E-state index is 0.00843. The van der Waals surface area contributed by atoms with Crippen molar-refractivity contribution in [1.82, 2.24) is 0 Å². The van der Waals surface area contributed by atoms with E-state index in [9.17, 15) is 5.48 Å². The lowest BCUT2D eigenvalue weighted by Gasteiger charge is -2.26. The van der Waals surface area contributed by atoms with E-state index in [-0.39, 0.29) is 103 Å². The molecule has 9 aromatic rings. The Morgan fingerprint density at radius 1 is 0.413 bits per heavy atom. The van der Waals surface area contributed by atoms with Gasteiger partial charge in [-0.15, -0.1) is 0 Å². The van der Waals surface area contributed by atoms with Gasteiger partial charge in [-0.2, -0.15) is 0 Å². The van der Waals surface area contributed by atoms with Gasteiger partial charge in [0.2, 0.25) is 0 Å². The molecule has 0 saturated carbocycles. The molecule has 0 unspecified atom stereocenters. The van der Waals surface area contributed by atoms with Crippen LogP contribution in [0.4, 0.5) is 17.1 Å². The Hall–Kier alpha value is -6.12. The van der Waals surface area contributed by atoms with Gasteiger partial charge in [0.25, 0.3) is 0 Å². The van der Waals surface area contributed by atoms with Gasteiger partial charge in [0.15, 0.2) is 0 Å². The molecule has 0 N–H and O–H groups in total. The summed E-state index contributed by atoms with van der Waals surface area (Å²) >= 11 is 0. The first-order valence-corrected chi connectivity index (χ1v) is 14.4. The van der Waals surface area contributed by atoms with Crippen LogP contribution in [0.1, 0.15) is 20.6 Å². The number of furan rings is 1. The maximum atomic E-state index is 9.42. The number of nitrogens with zero attached hydrogens (tertiary/aromatic N) is 1. The van der Waals surface area contributed by atoms with Gasteiger partial charge in [-0.05, 0) is 98.3 Å². The minimum atomic E-state index is -0.521. The van der Waals surface area contributed by atoms with E-state index in [1.807, 2.05) is 36.4 Å². The predicted molar refractivity (Wildman–Crippen MR) is 194 cm³/mol. The standard InChI is InChI=1S/C44H29NO/c1-2-8-30(9-3-1)32-14-21-37(22-15-32)45(39-25-18-31-10-4-5-11-34(31)29-39)38-23-16-33(17-24-38)35-19-26-40-36(28-35)20-27-43-44(40)41-12-6-7-13-42(41)46-43/h1-29H/i1D,2D,3D,6D,7D,8D,9D,12D,16D,17D,20D,23D,24D,26D,27D. The molecule has 46 heavy (non-hydrogen) atoms. The van der Waals surface area contributed by atoms with E-state index in [0.717, 1.165) is 10.8 Å². The number of benzene rings is 8. The van der Waals surface area contributed by atoms with Crippen molar-refractivity contribution in [1.29, 1.82) is 0 Å². The van der Waals surface area contributed by atoms with Gasteiger partial charge in [0.05, 0.1) is 20.6 Å². The molecule has 1 aromatic heterocycles. The Morgan fingerprint density at radius 3 is 2.02 bits per heavy atom. The highest BCUT2D eigenvalue weighted by atomic mass is 16.3. The maximum absolute atomic E-state index is 9.42. The van der Waals surface area contributed by atoms with Crippen molar-refractivity contribution in [3.8, 4) is 22.3 Å². The number of hydrogen-bond acceptors (Lipinski definition) is 2. The van der Waals surface area contributed by atoms with Gasteiger partial charge in [0.1, 0.15) is 11.2 Å². The van der Waals surface area contributed by atoms with Crippen molar-refractivity contribution in [2.75, 3.05) is 4.90 Å². The summed E-state index contributed by atoms with van der Waals surface area (Å²) in [6.45, 7) is 0. The van der Waals surface area contributed by atoms with Crippen LogP contribution in [0.25, 0.3) is 65.7 Å². The SMILES string of the molecule is [2H]c1cc2oc3c([2H])c([2H])c4cc(-c5c([2H])c([2H])c(N(c6ccc(-c7c([2H])c([2H])c([2H])c([2H])c7[2H])cc6)c6ccc7ccccc7c6)c([2H])c5[2H])cc([2H])c4c3c2c([2H])c1[2H]. The van der Waals surface area contributed by atoms with Crippen LogP contribution < -0.4 is 4.90 Å². The third-order valence-electron chi connectivity index (χ3n) is 7.93. The van der Waals surface area contributed by atoms with E-state index in [1.165, 1.54) is 18.2 Å². The summed E-state index contributed by atoms with van der Waals surface area (Å²) in [5.41, 5.74) is 0.911.